The summed E-state index contributed by atoms with van der Waals surface area (Å²) in [7, 11) is 1.29. The number of hydrogen-bond donors (Lipinski definition) is 3. The molecule has 5 aromatic carbocycles. The molecule has 1 aromatic heterocycles. The number of halogens is 3. The summed E-state index contributed by atoms with van der Waals surface area (Å²) < 4.78 is 44.7. The summed E-state index contributed by atoms with van der Waals surface area (Å²) in [6.45, 7) is 3.57. The number of amides is 3. The minimum absolute atomic E-state index is 0.111. The highest BCUT2D eigenvalue weighted by atomic mass is 19.4. The molecule has 4 atom stereocenters. The Morgan fingerprint density at radius 3 is 2.19 bits per heavy atom. The predicted octanol–water partition coefficient (Wildman–Crippen LogP) is 9.09. The first-order chi connectivity index (χ1) is 29.9. The molecule has 11 nitrogen and oxygen atoms in total. The Kier molecular flexibility index (Phi) is 11.0. The molecular formula is C48H48F3N7O4. The zero-order chi connectivity index (χ0) is 43.3. The minimum Gasteiger partial charge on any atom is -0.453 e. The number of ether oxygens (including phenoxy) is 1. The smallest absolute Gasteiger partial charge is 0.407 e. The minimum atomic E-state index is -4.47. The summed E-state index contributed by atoms with van der Waals surface area (Å²) in [4.78, 5) is 56.8. The van der Waals surface area contributed by atoms with Crippen LogP contribution in [0.15, 0.2) is 96.0 Å². The van der Waals surface area contributed by atoms with Gasteiger partial charge in [-0.25, -0.2) is 9.78 Å². The molecule has 9 rings (SSSR count). The van der Waals surface area contributed by atoms with Crippen LogP contribution in [0.5, 0.6) is 0 Å². The highest BCUT2D eigenvalue weighted by molar-refractivity contribution is 6.07. The summed E-state index contributed by atoms with van der Waals surface area (Å²) >= 11 is 0. The van der Waals surface area contributed by atoms with E-state index in [1.807, 2.05) is 30.9 Å². The summed E-state index contributed by atoms with van der Waals surface area (Å²) in [6.07, 6.45) is -1.43. The Labute approximate surface area is 356 Å². The fraction of sp³-hybridized carbons (Fsp3) is 0.354. The van der Waals surface area contributed by atoms with Gasteiger partial charge in [-0.3, -0.25) is 19.9 Å². The van der Waals surface area contributed by atoms with E-state index in [2.05, 4.69) is 64.1 Å². The van der Waals surface area contributed by atoms with Crippen LogP contribution < -0.4 is 10.6 Å². The zero-order valence-corrected chi connectivity index (χ0v) is 34.8. The van der Waals surface area contributed by atoms with E-state index in [0.29, 0.717) is 43.7 Å². The number of benzene rings is 5. The molecule has 0 spiro atoms. The molecule has 6 aromatic rings. The predicted molar refractivity (Wildman–Crippen MR) is 233 cm³/mol. The number of imidazole rings is 1. The van der Waals surface area contributed by atoms with Crippen LogP contribution in [0.1, 0.15) is 68.6 Å². The molecule has 0 bridgehead atoms. The van der Waals surface area contributed by atoms with Crippen molar-refractivity contribution in [2.75, 3.05) is 26.7 Å². The third-order valence-corrected chi connectivity index (χ3v) is 12.6. The van der Waals surface area contributed by atoms with Crippen molar-refractivity contribution in [3.8, 4) is 11.1 Å². The number of aromatic nitrogens is 2. The second kappa shape index (κ2) is 16.5. The van der Waals surface area contributed by atoms with Crippen LogP contribution in [0.4, 0.5) is 23.7 Å². The second-order valence-corrected chi connectivity index (χ2v) is 16.9. The molecule has 3 N–H and O–H groups in total. The van der Waals surface area contributed by atoms with Crippen LogP contribution in [0, 0.1) is 5.92 Å². The number of aromatic amines is 1. The molecule has 3 amide bonds. The lowest BCUT2D eigenvalue weighted by molar-refractivity contribution is -0.139. The van der Waals surface area contributed by atoms with Crippen LogP contribution in [0.25, 0.3) is 43.7 Å². The first kappa shape index (κ1) is 41.1. The van der Waals surface area contributed by atoms with Gasteiger partial charge in [0.25, 0.3) is 0 Å². The molecule has 3 aliphatic rings. The number of carbonyl (C=O) groups is 3. The Balaban J connectivity index is 0.939. The summed E-state index contributed by atoms with van der Waals surface area (Å²) in [5.41, 5.74) is 7.18. The molecule has 2 saturated heterocycles. The first-order valence-corrected chi connectivity index (χ1v) is 21.2. The second-order valence-electron chi connectivity index (χ2n) is 16.9. The number of aliphatic imine (C=N–C) groups is 1. The molecule has 0 unspecified atom stereocenters. The van der Waals surface area contributed by atoms with E-state index in [1.54, 1.807) is 35.2 Å². The third kappa shape index (κ3) is 7.87. The number of methoxy groups -OCH3 is 1. The van der Waals surface area contributed by atoms with Gasteiger partial charge in [-0.1, -0.05) is 80.6 Å². The zero-order valence-electron chi connectivity index (χ0n) is 34.8. The van der Waals surface area contributed by atoms with Crippen molar-refractivity contribution in [1.82, 2.24) is 30.4 Å². The van der Waals surface area contributed by atoms with Crippen molar-refractivity contribution < 1.29 is 32.3 Å². The number of H-pyrrole nitrogens is 1. The number of rotatable bonds is 10. The Bertz CT molecular complexity index is 2730. The van der Waals surface area contributed by atoms with Crippen molar-refractivity contribution in [2.24, 2.45) is 10.9 Å². The standard InChI is InChI=1S/C48H48F3N7O4/c1-27(2)41(56-47(61)62-3)45(59)57-21-7-11-39(57)38-25-35-33-17-13-29(23-31(33)15-19-36(35)53-38)30-14-18-34-32(24-30)16-20-37-43(34)55-44(54-37)40-12-8-22-58(40)46(60)42(52-26-48(49,50)51)28-9-5-4-6-10-28/h4-6,9-10,13-20,23-24,27,39-42,52H,7-8,11-12,21-22,25-26H2,1-3H3,(H,54,55)(H,56,61)/t39-,40-,41-,42+/m0/s1. The average Bonchev–Trinajstić information content (AvgIpc) is 4.10. The quantitative estimate of drug-likeness (QED) is 0.126. The monoisotopic (exact) mass is 843 g/mol. The average molecular weight is 844 g/mol. The number of carbonyl (C=O) groups excluding carboxylic acids is 3. The number of alkyl carbamates (subject to hydrolysis) is 1. The highest BCUT2D eigenvalue weighted by Gasteiger charge is 2.40. The number of nitrogens with zero attached hydrogens (tertiary/aromatic N) is 4. The van der Waals surface area contributed by atoms with Gasteiger partial charge in [-0.15, -0.1) is 0 Å². The molecule has 14 heteroatoms. The van der Waals surface area contributed by atoms with Gasteiger partial charge < -0.3 is 24.8 Å². The molecule has 2 fully saturated rings. The van der Waals surface area contributed by atoms with E-state index in [9.17, 15) is 27.6 Å². The van der Waals surface area contributed by atoms with Gasteiger partial charge in [0.05, 0.1) is 42.5 Å². The van der Waals surface area contributed by atoms with Crippen molar-refractivity contribution in [3.63, 3.8) is 0 Å². The number of fused-ring (bicyclic) bond motifs is 6. The van der Waals surface area contributed by atoms with Gasteiger partial charge in [0.2, 0.25) is 11.8 Å². The van der Waals surface area contributed by atoms with Crippen LogP contribution in [-0.4, -0.2) is 88.4 Å². The Morgan fingerprint density at radius 2 is 1.50 bits per heavy atom. The molecule has 3 aliphatic heterocycles. The maximum Gasteiger partial charge on any atom is 0.407 e. The first-order valence-electron chi connectivity index (χ1n) is 21.2. The number of likely N-dealkylation sites (tertiary alicyclic amines) is 2. The van der Waals surface area contributed by atoms with Crippen molar-refractivity contribution in [2.45, 2.75) is 76.3 Å². The van der Waals surface area contributed by atoms with Gasteiger partial charge in [-0.2, -0.15) is 13.2 Å². The van der Waals surface area contributed by atoms with E-state index in [4.69, 9.17) is 14.7 Å². The fourth-order valence-corrected chi connectivity index (χ4v) is 9.53. The maximum atomic E-state index is 14.0. The molecule has 0 saturated carbocycles. The van der Waals surface area contributed by atoms with Gasteiger partial charge in [0, 0.05) is 30.6 Å². The van der Waals surface area contributed by atoms with Gasteiger partial charge >= 0.3 is 12.3 Å². The summed E-state index contributed by atoms with van der Waals surface area (Å²) in [5.74, 6) is -0.0275. The van der Waals surface area contributed by atoms with Crippen LogP contribution in [-0.2, 0) is 20.7 Å². The lowest BCUT2D eigenvalue weighted by Crippen LogP contribution is -2.53. The number of alkyl halides is 3. The van der Waals surface area contributed by atoms with Crippen molar-refractivity contribution >= 4 is 61.9 Å². The third-order valence-electron chi connectivity index (χ3n) is 12.6. The maximum absolute atomic E-state index is 14.0. The SMILES string of the molecule is COC(=O)N[C@H](C(=O)N1CCC[C@H]1C1=Nc2ccc3cc(-c4ccc5c(ccc6[nH]c([C@@H]7CCCN7C(=O)[C@H](NCC(F)(F)F)c7ccccc7)nc65)c4)ccc3c2C1)C(C)C. The van der Waals surface area contributed by atoms with Crippen molar-refractivity contribution in [3.05, 3.63) is 108 Å². The molecule has 0 aliphatic carbocycles. The van der Waals surface area contributed by atoms with E-state index >= 15 is 0 Å². The molecule has 0 radical (unpaired) electrons. The molecule has 320 valence electrons. The van der Waals surface area contributed by atoms with E-state index < -0.39 is 42.8 Å². The van der Waals surface area contributed by atoms with Gasteiger partial charge in [-0.05, 0) is 94.3 Å². The lowest BCUT2D eigenvalue weighted by Gasteiger charge is -2.30. The van der Waals surface area contributed by atoms with E-state index in [0.717, 1.165) is 73.5 Å². The summed E-state index contributed by atoms with van der Waals surface area (Å²) in [6, 6.07) is 27.1. The number of nitrogens with one attached hydrogen (secondary N) is 3. The fourth-order valence-electron chi connectivity index (χ4n) is 9.53. The highest BCUT2D eigenvalue weighted by Crippen LogP contribution is 2.40. The summed E-state index contributed by atoms with van der Waals surface area (Å²) in [5, 5.41) is 9.34. The van der Waals surface area contributed by atoms with E-state index in [1.165, 1.54) is 7.11 Å². The molecular weight excluding hydrogens is 796 g/mol. The molecule has 4 heterocycles. The molecule has 62 heavy (non-hydrogen) atoms. The van der Waals surface area contributed by atoms with E-state index in [-0.39, 0.29) is 17.9 Å². The largest absolute Gasteiger partial charge is 0.453 e. The Hall–Kier alpha value is -6.28. The van der Waals surface area contributed by atoms with Gasteiger partial charge in [0.1, 0.15) is 17.9 Å². The number of hydrogen-bond acceptors (Lipinski definition) is 7. The normalized spacial score (nSPS) is 18.7. The van der Waals surface area contributed by atoms with Crippen LogP contribution >= 0.6 is 0 Å². The van der Waals surface area contributed by atoms with Crippen molar-refractivity contribution in [1.29, 1.82) is 0 Å². The van der Waals surface area contributed by atoms with Crippen LogP contribution in [0.2, 0.25) is 0 Å². The Morgan fingerprint density at radius 1 is 0.839 bits per heavy atom. The van der Waals surface area contributed by atoms with Gasteiger partial charge in [0.15, 0.2) is 0 Å². The van der Waals surface area contributed by atoms with Crippen LogP contribution in [0.3, 0.4) is 0 Å². The topological polar surface area (TPSA) is 132 Å². The lowest BCUT2D eigenvalue weighted by atomic mass is 9.94.